The summed E-state index contributed by atoms with van der Waals surface area (Å²) >= 11 is 0. The van der Waals surface area contributed by atoms with E-state index in [0.717, 1.165) is 44.9 Å². The molecule has 3 N–H and O–H groups in total. The van der Waals surface area contributed by atoms with Gasteiger partial charge in [-0.2, -0.15) is 8.42 Å². The van der Waals surface area contributed by atoms with Crippen LogP contribution in [0.25, 0.3) is 0 Å². The van der Waals surface area contributed by atoms with Crippen LogP contribution in [0.4, 0.5) is 0 Å². The van der Waals surface area contributed by atoms with Gasteiger partial charge >= 0.3 is 0 Å². The van der Waals surface area contributed by atoms with Gasteiger partial charge in [-0.25, -0.2) is 0 Å². The molecule has 306 valence electrons. The van der Waals surface area contributed by atoms with Crippen molar-refractivity contribution in [2.24, 2.45) is 0 Å². The number of hydrogen-bond donors (Lipinski definition) is 3. The summed E-state index contributed by atoms with van der Waals surface area (Å²) in [5.74, 6) is -0.980. The molecule has 6 nitrogen and oxygen atoms in total. The molecule has 2 unspecified atom stereocenters. The number of unbranched alkanes of at least 4 members (excludes halogenated alkanes) is 28. The third-order valence-corrected chi connectivity index (χ3v) is 10.8. The lowest BCUT2D eigenvalue weighted by Crippen LogP contribution is -2.46. The molecule has 0 aliphatic heterocycles. The summed E-state index contributed by atoms with van der Waals surface area (Å²) in [5, 5.41) is 13.3. The fraction of sp³-hybridized carbons (Fsp3) is 0.844. The van der Waals surface area contributed by atoms with Crippen molar-refractivity contribution < 1.29 is 22.9 Å². The first kappa shape index (κ1) is 50.6. The zero-order valence-corrected chi connectivity index (χ0v) is 35.0. The smallest absolute Gasteiger partial charge is 0.267 e. The van der Waals surface area contributed by atoms with Crippen LogP contribution < -0.4 is 5.32 Å². The number of rotatable bonds is 40. The Kier molecular flexibility index (Phi) is 38.2. The van der Waals surface area contributed by atoms with Crippen molar-refractivity contribution in [1.82, 2.24) is 5.32 Å². The SMILES string of the molecule is CCCCC/C=C\C/C=C\CCCCCCCCCCCC(=O)NC(CS(=O)(=O)O)C(O)/C=C/CCCCCCCCCCCCCCCCCC. The van der Waals surface area contributed by atoms with Gasteiger partial charge in [-0.05, 0) is 51.4 Å². The summed E-state index contributed by atoms with van der Waals surface area (Å²) in [6.45, 7) is 4.51. The van der Waals surface area contributed by atoms with E-state index in [9.17, 15) is 22.9 Å². The molecule has 0 rings (SSSR count). The van der Waals surface area contributed by atoms with E-state index in [-0.39, 0.29) is 5.91 Å². The fourth-order valence-corrected chi connectivity index (χ4v) is 7.45. The fourth-order valence-electron chi connectivity index (χ4n) is 6.72. The number of aliphatic hydroxyl groups excluding tert-OH is 1. The average molecular weight is 752 g/mol. The molecular formula is C45H85NO5S. The van der Waals surface area contributed by atoms with Crippen LogP contribution in [0.15, 0.2) is 36.5 Å². The van der Waals surface area contributed by atoms with Crippen LogP contribution in [0.5, 0.6) is 0 Å². The summed E-state index contributed by atoms with van der Waals surface area (Å²) in [5.41, 5.74) is 0. The van der Waals surface area contributed by atoms with Crippen LogP contribution in [0, 0.1) is 0 Å². The Hall–Kier alpha value is -1.44. The minimum atomic E-state index is -4.35. The van der Waals surface area contributed by atoms with Gasteiger partial charge in [0.05, 0.1) is 17.9 Å². The molecule has 0 aliphatic carbocycles. The Balaban J connectivity index is 3.88. The van der Waals surface area contributed by atoms with E-state index < -0.39 is 28.0 Å². The highest BCUT2D eigenvalue weighted by Gasteiger charge is 2.24. The van der Waals surface area contributed by atoms with Gasteiger partial charge in [-0.3, -0.25) is 9.35 Å². The van der Waals surface area contributed by atoms with Gasteiger partial charge in [0.2, 0.25) is 5.91 Å². The van der Waals surface area contributed by atoms with Gasteiger partial charge in [-0.15, -0.1) is 0 Å². The second-order valence-corrected chi connectivity index (χ2v) is 16.8. The quantitative estimate of drug-likeness (QED) is 0.0328. The Morgan fingerprint density at radius 2 is 0.865 bits per heavy atom. The highest BCUT2D eigenvalue weighted by molar-refractivity contribution is 7.85. The first-order valence-corrected chi connectivity index (χ1v) is 23.8. The van der Waals surface area contributed by atoms with Crippen LogP contribution in [0.3, 0.4) is 0 Å². The number of nitrogens with one attached hydrogen (secondary N) is 1. The maximum absolute atomic E-state index is 12.5. The van der Waals surface area contributed by atoms with Crippen molar-refractivity contribution in [3.63, 3.8) is 0 Å². The normalized spacial score (nSPS) is 13.5. The predicted molar refractivity (Wildman–Crippen MR) is 225 cm³/mol. The third-order valence-electron chi connectivity index (χ3n) is 10.1. The molecule has 0 radical (unpaired) electrons. The number of allylic oxidation sites excluding steroid dienone is 5. The summed E-state index contributed by atoms with van der Waals surface area (Å²) in [6, 6.07) is -1.06. The second kappa shape index (κ2) is 39.3. The monoisotopic (exact) mass is 752 g/mol. The zero-order valence-electron chi connectivity index (χ0n) is 34.2. The molecule has 2 atom stereocenters. The lowest BCUT2D eigenvalue weighted by Gasteiger charge is -2.21. The zero-order chi connectivity index (χ0) is 38.2. The highest BCUT2D eigenvalue weighted by Crippen LogP contribution is 2.15. The van der Waals surface area contributed by atoms with Crippen molar-refractivity contribution >= 4 is 16.0 Å². The summed E-state index contributed by atoms with van der Waals surface area (Å²) in [4.78, 5) is 12.5. The van der Waals surface area contributed by atoms with Crippen molar-refractivity contribution in [2.45, 2.75) is 238 Å². The lowest BCUT2D eigenvalue weighted by atomic mass is 10.0. The number of hydrogen-bond acceptors (Lipinski definition) is 4. The van der Waals surface area contributed by atoms with E-state index in [2.05, 4.69) is 43.5 Å². The van der Waals surface area contributed by atoms with E-state index in [4.69, 9.17) is 0 Å². The molecule has 0 aromatic carbocycles. The number of carbonyl (C=O) groups is 1. The molecule has 0 saturated carbocycles. The largest absolute Gasteiger partial charge is 0.387 e. The number of amides is 1. The van der Waals surface area contributed by atoms with Gasteiger partial charge in [0.15, 0.2) is 0 Å². The molecular weight excluding hydrogens is 667 g/mol. The molecule has 0 aliphatic rings. The van der Waals surface area contributed by atoms with Gasteiger partial charge in [-0.1, -0.05) is 204 Å². The Bertz CT molecular complexity index is 961. The van der Waals surface area contributed by atoms with E-state index in [0.29, 0.717) is 6.42 Å². The van der Waals surface area contributed by atoms with Crippen molar-refractivity contribution in [3.8, 4) is 0 Å². The summed E-state index contributed by atoms with van der Waals surface area (Å²) in [7, 11) is -4.35. The molecule has 0 aromatic heterocycles. The van der Waals surface area contributed by atoms with Gasteiger partial charge in [0.1, 0.15) is 0 Å². The Labute approximate surface area is 323 Å². The highest BCUT2D eigenvalue weighted by atomic mass is 32.2. The Morgan fingerprint density at radius 1 is 0.519 bits per heavy atom. The van der Waals surface area contributed by atoms with E-state index in [1.807, 2.05) is 6.08 Å². The van der Waals surface area contributed by atoms with Crippen LogP contribution >= 0.6 is 0 Å². The minimum absolute atomic E-state index is 0.282. The van der Waals surface area contributed by atoms with Gasteiger partial charge < -0.3 is 10.4 Å². The van der Waals surface area contributed by atoms with Crippen LogP contribution in [0.1, 0.15) is 226 Å². The lowest BCUT2D eigenvalue weighted by molar-refractivity contribution is -0.122. The van der Waals surface area contributed by atoms with Gasteiger partial charge in [0.25, 0.3) is 10.1 Å². The average Bonchev–Trinajstić information content (AvgIpc) is 3.11. The summed E-state index contributed by atoms with van der Waals surface area (Å²) in [6.07, 6.45) is 51.3. The maximum atomic E-state index is 12.5. The molecule has 0 saturated heterocycles. The summed E-state index contributed by atoms with van der Waals surface area (Å²) < 4.78 is 32.6. The maximum Gasteiger partial charge on any atom is 0.267 e. The molecule has 0 aromatic rings. The molecule has 52 heavy (non-hydrogen) atoms. The van der Waals surface area contributed by atoms with Crippen LogP contribution in [0.2, 0.25) is 0 Å². The van der Waals surface area contributed by atoms with Crippen LogP contribution in [-0.2, 0) is 14.9 Å². The first-order valence-electron chi connectivity index (χ1n) is 22.2. The molecule has 1 amide bonds. The first-order chi connectivity index (χ1) is 25.3. The number of carbonyl (C=O) groups excluding carboxylic acids is 1. The van der Waals surface area contributed by atoms with E-state index >= 15 is 0 Å². The molecule has 0 spiro atoms. The minimum Gasteiger partial charge on any atom is -0.387 e. The Morgan fingerprint density at radius 3 is 1.29 bits per heavy atom. The molecule has 0 bridgehead atoms. The van der Waals surface area contributed by atoms with Gasteiger partial charge in [0, 0.05) is 6.42 Å². The second-order valence-electron chi connectivity index (χ2n) is 15.3. The van der Waals surface area contributed by atoms with Crippen LogP contribution in [-0.4, -0.2) is 41.9 Å². The van der Waals surface area contributed by atoms with E-state index in [1.165, 1.54) is 161 Å². The van der Waals surface area contributed by atoms with Crippen molar-refractivity contribution in [1.29, 1.82) is 0 Å². The molecule has 0 heterocycles. The van der Waals surface area contributed by atoms with Crippen molar-refractivity contribution in [2.75, 3.05) is 5.75 Å². The number of aliphatic hydroxyl groups is 1. The predicted octanol–water partition coefficient (Wildman–Crippen LogP) is 13.3. The molecule has 0 fully saturated rings. The standard InChI is InChI=1S/C45H85NO5S/c1-3-5-7-9-11-13-15-17-19-21-23-25-27-29-31-33-35-37-39-41-45(48)46-43(42-52(49,50)51)44(47)40-38-36-34-32-30-28-26-24-22-20-18-16-14-12-10-8-6-4-2/h11,13,17,19,38,40,43-44,47H,3-10,12,14-16,18,20-37,39,41-42H2,1-2H3,(H,46,48)(H,49,50,51)/b13-11-,19-17-,40-38+. The third kappa shape index (κ3) is 39.8. The topological polar surface area (TPSA) is 104 Å². The van der Waals surface area contributed by atoms with Crippen molar-refractivity contribution in [3.05, 3.63) is 36.5 Å². The van der Waals surface area contributed by atoms with E-state index in [1.54, 1.807) is 6.08 Å². The molecule has 7 heteroatoms.